The van der Waals surface area contributed by atoms with Crippen molar-refractivity contribution in [1.29, 1.82) is 0 Å². The Labute approximate surface area is 123 Å². The molecule has 0 bridgehead atoms. The van der Waals surface area contributed by atoms with Crippen LogP contribution in [0.5, 0.6) is 5.75 Å². The van der Waals surface area contributed by atoms with Crippen molar-refractivity contribution in [2.45, 2.75) is 51.6 Å². The van der Waals surface area contributed by atoms with E-state index >= 15 is 0 Å². The zero-order chi connectivity index (χ0) is 14.4. The molecule has 1 aromatic carbocycles. The summed E-state index contributed by atoms with van der Waals surface area (Å²) in [5, 5.41) is 13.1. The van der Waals surface area contributed by atoms with Crippen LogP contribution in [0, 0.1) is 0 Å². The number of hydrogen-bond donors (Lipinski definition) is 2. The lowest BCUT2D eigenvalue weighted by Crippen LogP contribution is -2.44. The second-order valence-corrected chi connectivity index (χ2v) is 5.91. The fourth-order valence-electron chi connectivity index (χ4n) is 3.06. The Morgan fingerprint density at radius 1 is 1.30 bits per heavy atom. The molecule has 0 radical (unpaired) electrons. The van der Waals surface area contributed by atoms with Gasteiger partial charge in [0.15, 0.2) is 0 Å². The number of benzene rings is 1. The fraction of sp³-hybridized carbons (Fsp3) is 0.647. The Morgan fingerprint density at radius 2 is 2.05 bits per heavy atom. The summed E-state index contributed by atoms with van der Waals surface area (Å²) in [5.74, 6) is 0.344. The van der Waals surface area contributed by atoms with Crippen LogP contribution in [0.25, 0.3) is 0 Å². The van der Waals surface area contributed by atoms with E-state index in [0.717, 1.165) is 19.6 Å². The van der Waals surface area contributed by atoms with Crippen LogP contribution in [0.1, 0.15) is 51.1 Å². The quantitative estimate of drug-likeness (QED) is 0.837. The van der Waals surface area contributed by atoms with Gasteiger partial charge >= 0.3 is 0 Å². The minimum absolute atomic E-state index is 0.344. The monoisotopic (exact) mass is 276 g/mol. The van der Waals surface area contributed by atoms with Crippen LogP contribution >= 0.6 is 0 Å². The number of piperidine rings is 1. The van der Waals surface area contributed by atoms with Gasteiger partial charge in [0.05, 0.1) is 0 Å². The lowest BCUT2D eigenvalue weighted by Gasteiger charge is -2.34. The highest BCUT2D eigenvalue weighted by molar-refractivity contribution is 5.27. The Hall–Kier alpha value is -1.06. The molecule has 1 heterocycles. The molecule has 0 aliphatic carbocycles. The van der Waals surface area contributed by atoms with E-state index in [1.54, 1.807) is 12.1 Å². The van der Waals surface area contributed by atoms with E-state index in [1.807, 2.05) is 12.1 Å². The number of aromatic hydroxyl groups is 1. The highest BCUT2D eigenvalue weighted by Gasteiger charge is 2.20. The van der Waals surface area contributed by atoms with Gasteiger partial charge in [-0.05, 0) is 57.0 Å². The lowest BCUT2D eigenvalue weighted by molar-refractivity contribution is 0.176. The predicted octanol–water partition coefficient (Wildman–Crippen LogP) is 3.31. The summed E-state index contributed by atoms with van der Waals surface area (Å²) >= 11 is 0. The second kappa shape index (κ2) is 7.65. The molecule has 1 aliphatic rings. The first-order chi connectivity index (χ1) is 9.70. The van der Waals surface area contributed by atoms with Crippen LogP contribution in [0.4, 0.5) is 0 Å². The largest absolute Gasteiger partial charge is 0.508 e. The van der Waals surface area contributed by atoms with Crippen LogP contribution in [-0.2, 0) is 0 Å². The zero-order valence-electron chi connectivity index (χ0n) is 12.8. The SMILES string of the molecule is CCCN(CC1CCCCN1)C(C)c1ccc(O)cc1. The molecule has 3 heteroatoms. The summed E-state index contributed by atoms with van der Waals surface area (Å²) in [7, 11) is 0. The topological polar surface area (TPSA) is 35.5 Å². The van der Waals surface area contributed by atoms with Gasteiger partial charge in [0, 0.05) is 18.6 Å². The average molecular weight is 276 g/mol. The number of hydrogen-bond acceptors (Lipinski definition) is 3. The van der Waals surface area contributed by atoms with Crippen molar-refractivity contribution in [3.8, 4) is 5.75 Å². The molecule has 1 aliphatic heterocycles. The first-order valence-corrected chi connectivity index (χ1v) is 7.97. The van der Waals surface area contributed by atoms with Gasteiger partial charge in [-0.2, -0.15) is 0 Å². The van der Waals surface area contributed by atoms with Crippen molar-refractivity contribution in [2.24, 2.45) is 0 Å². The Morgan fingerprint density at radius 3 is 2.65 bits per heavy atom. The van der Waals surface area contributed by atoms with Crippen LogP contribution < -0.4 is 5.32 Å². The lowest BCUT2D eigenvalue weighted by atomic mass is 10.0. The third kappa shape index (κ3) is 4.22. The molecule has 1 fully saturated rings. The van der Waals surface area contributed by atoms with E-state index in [0.29, 0.717) is 17.8 Å². The summed E-state index contributed by atoms with van der Waals surface area (Å²) in [6, 6.07) is 8.69. The maximum Gasteiger partial charge on any atom is 0.115 e. The van der Waals surface area contributed by atoms with E-state index < -0.39 is 0 Å². The van der Waals surface area contributed by atoms with Gasteiger partial charge in [0.2, 0.25) is 0 Å². The molecule has 0 aromatic heterocycles. The van der Waals surface area contributed by atoms with E-state index in [9.17, 15) is 5.11 Å². The fourth-order valence-corrected chi connectivity index (χ4v) is 3.06. The van der Waals surface area contributed by atoms with E-state index in [-0.39, 0.29) is 0 Å². The molecule has 2 unspecified atom stereocenters. The van der Waals surface area contributed by atoms with Gasteiger partial charge in [-0.1, -0.05) is 25.5 Å². The van der Waals surface area contributed by atoms with Crippen molar-refractivity contribution >= 4 is 0 Å². The van der Waals surface area contributed by atoms with Crippen LogP contribution in [0.2, 0.25) is 0 Å². The van der Waals surface area contributed by atoms with Crippen molar-refractivity contribution < 1.29 is 5.11 Å². The average Bonchev–Trinajstić information content (AvgIpc) is 2.48. The van der Waals surface area contributed by atoms with Crippen molar-refractivity contribution in [3.63, 3.8) is 0 Å². The van der Waals surface area contributed by atoms with Gasteiger partial charge < -0.3 is 10.4 Å². The molecule has 3 nitrogen and oxygen atoms in total. The van der Waals surface area contributed by atoms with Crippen molar-refractivity contribution in [3.05, 3.63) is 29.8 Å². The van der Waals surface area contributed by atoms with E-state index in [1.165, 1.54) is 31.2 Å². The van der Waals surface area contributed by atoms with E-state index in [2.05, 4.69) is 24.1 Å². The molecule has 1 saturated heterocycles. The Bertz CT molecular complexity index is 384. The molecule has 2 atom stereocenters. The highest BCUT2D eigenvalue weighted by Crippen LogP contribution is 2.23. The van der Waals surface area contributed by atoms with Gasteiger partial charge in [-0.3, -0.25) is 4.90 Å². The summed E-state index contributed by atoms with van der Waals surface area (Å²) in [6.45, 7) is 7.92. The smallest absolute Gasteiger partial charge is 0.115 e. The maximum absolute atomic E-state index is 9.42. The molecular formula is C17H28N2O. The molecule has 0 saturated carbocycles. The highest BCUT2D eigenvalue weighted by atomic mass is 16.3. The number of phenols is 1. The Kier molecular flexibility index (Phi) is 5.86. The maximum atomic E-state index is 9.42. The van der Waals surface area contributed by atoms with Crippen LogP contribution in [0.3, 0.4) is 0 Å². The Balaban J connectivity index is 2.00. The van der Waals surface area contributed by atoms with Gasteiger partial charge in [0.1, 0.15) is 5.75 Å². The van der Waals surface area contributed by atoms with Crippen molar-refractivity contribution in [1.82, 2.24) is 10.2 Å². The standard InChI is InChI=1S/C17H28N2O/c1-3-12-19(13-16-6-4-5-11-18-16)14(2)15-7-9-17(20)10-8-15/h7-10,14,16,18,20H,3-6,11-13H2,1-2H3. The number of nitrogens with zero attached hydrogens (tertiary/aromatic N) is 1. The number of phenolic OH excluding ortho intramolecular Hbond substituents is 1. The summed E-state index contributed by atoms with van der Waals surface area (Å²) < 4.78 is 0. The minimum Gasteiger partial charge on any atom is -0.508 e. The molecule has 2 rings (SSSR count). The van der Waals surface area contributed by atoms with Gasteiger partial charge in [0.25, 0.3) is 0 Å². The summed E-state index contributed by atoms with van der Waals surface area (Å²) in [5.41, 5.74) is 1.28. The second-order valence-electron chi connectivity index (χ2n) is 5.91. The zero-order valence-corrected chi connectivity index (χ0v) is 12.8. The molecule has 0 spiro atoms. The minimum atomic E-state index is 0.344. The van der Waals surface area contributed by atoms with E-state index in [4.69, 9.17) is 0 Å². The third-order valence-corrected chi connectivity index (χ3v) is 4.30. The van der Waals surface area contributed by atoms with Crippen LogP contribution in [-0.4, -0.2) is 35.7 Å². The summed E-state index contributed by atoms with van der Waals surface area (Å²) in [6.07, 6.45) is 5.14. The summed E-state index contributed by atoms with van der Waals surface area (Å²) in [4.78, 5) is 2.56. The number of rotatable bonds is 6. The van der Waals surface area contributed by atoms with Gasteiger partial charge in [-0.25, -0.2) is 0 Å². The third-order valence-electron chi connectivity index (χ3n) is 4.30. The molecular weight excluding hydrogens is 248 g/mol. The first-order valence-electron chi connectivity index (χ1n) is 7.97. The van der Waals surface area contributed by atoms with Crippen LogP contribution in [0.15, 0.2) is 24.3 Å². The molecule has 0 amide bonds. The van der Waals surface area contributed by atoms with Gasteiger partial charge in [-0.15, -0.1) is 0 Å². The molecule has 2 N–H and O–H groups in total. The normalized spacial score (nSPS) is 21.1. The molecule has 20 heavy (non-hydrogen) atoms. The predicted molar refractivity (Wildman–Crippen MR) is 84.0 cm³/mol. The first kappa shape index (κ1) is 15.3. The molecule has 1 aromatic rings. The molecule has 112 valence electrons. The number of nitrogens with one attached hydrogen (secondary N) is 1. The van der Waals surface area contributed by atoms with Crippen molar-refractivity contribution in [2.75, 3.05) is 19.6 Å².